The van der Waals surface area contributed by atoms with E-state index in [-0.39, 0.29) is 30.2 Å². The summed E-state index contributed by atoms with van der Waals surface area (Å²) in [6, 6.07) is 7.79. The lowest BCUT2D eigenvalue weighted by molar-refractivity contribution is -0.136. The zero-order valence-corrected chi connectivity index (χ0v) is 17.4. The number of nitrogens with zero attached hydrogens (tertiary/aromatic N) is 1. The van der Waals surface area contributed by atoms with Crippen molar-refractivity contribution in [3.63, 3.8) is 0 Å². The topological polar surface area (TPSA) is 90.5 Å². The molecular formula is C22H24N4O3S. The van der Waals surface area contributed by atoms with Crippen LogP contribution >= 0.6 is 11.3 Å². The molecule has 4 heterocycles. The summed E-state index contributed by atoms with van der Waals surface area (Å²) in [5.74, 6) is -0.759. The smallest absolute Gasteiger partial charge is 0.255 e. The zero-order valence-electron chi connectivity index (χ0n) is 16.6. The molecule has 7 nitrogen and oxygen atoms in total. The van der Waals surface area contributed by atoms with Crippen LogP contribution in [0.5, 0.6) is 0 Å². The van der Waals surface area contributed by atoms with Gasteiger partial charge in [0, 0.05) is 49.1 Å². The van der Waals surface area contributed by atoms with Crippen LogP contribution in [0.15, 0.2) is 29.6 Å². The van der Waals surface area contributed by atoms with Gasteiger partial charge in [-0.15, -0.1) is 11.3 Å². The number of piperidine rings is 1. The minimum absolute atomic E-state index is 0.118. The molecule has 156 valence electrons. The zero-order chi connectivity index (χ0) is 20.7. The average molecular weight is 425 g/mol. The van der Waals surface area contributed by atoms with E-state index in [1.54, 1.807) is 4.90 Å². The molecule has 3 amide bonds. The molecule has 3 N–H and O–H groups in total. The Bertz CT molecular complexity index is 1020. The fourth-order valence-corrected chi connectivity index (χ4v) is 5.65. The van der Waals surface area contributed by atoms with E-state index in [9.17, 15) is 14.4 Å². The van der Waals surface area contributed by atoms with Crippen molar-refractivity contribution in [3.05, 3.63) is 56.8 Å². The van der Waals surface area contributed by atoms with Gasteiger partial charge in [-0.3, -0.25) is 19.7 Å². The van der Waals surface area contributed by atoms with Crippen molar-refractivity contribution in [2.45, 2.75) is 44.4 Å². The Balaban J connectivity index is 1.27. The molecule has 0 radical (unpaired) electrons. The fraction of sp³-hybridized carbons (Fsp3) is 0.409. The highest BCUT2D eigenvalue weighted by Crippen LogP contribution is 2.30. The Kier molecular flexibility index (Phi) is 5.14. The van der Waals surface area contributed by atoms with E-state index in [4.69, 9.17) is 0 Å². The number of amides is 3. The number of hydrogen-bond donors (Lipinski definition) is 3. The SMILES string of the molecule is O=C1CCC(N2Cc3cccc(CNCC4NCCc5sccc54)c3C2=O)C(=O)N1. The summed E-state index contributed by atoms with van der Waals surface area (Å²) < 4.78 is 0. The fourth-order valence-electron chi connectivity index (χ4n) is 4.70. The normalized spacial score (nSPS) is 23.3. The molecule has 8 heteroatoms. The monoisotopic (exact) mass is 424 g/mol. The highest BCUT2D eigenvalue weighted by Gasteiger charge is 2.39. The Labute approximate surface area is 178 Å². The first-order valence-corrected chi connectivity index (χ1v) is 11.3. The van der Waals surface area contributed by atoms with Crippen LogP contribution in [-0.4, -0.2) is 41.8 Å². The Hall–Kier alpha value is -2.55. The molecule has 2 atom stereocenters. The molecule has 0 spiro atoms. The van der Waals surface area contributed by atoms with Crippen molar-refractivity contribution in [3.8, 4) is 0 Å². The maximum Gasteiger partial charge on any atom is 0.255 e. The minimum Gasteiger partial charge on any atom is -0.322 e. The van der Waals surface area contributed by atoms with Crippen molar-refractivity contribution >= 4 is 29.1 Å². The van der Waals surface area contributed by atoms with Crippen LogP contribution in [0.4, 0.5) is 0 Å². The van der Waals surface area contributed by atoms with E-state index in [1.165, 1.54) is 10.4 Å². The molecule has 1 aromatic carbocycles. The number of benzene rings is 1. The summed E-state index contributed by atoms with van der Waals surface area (Å²) in [7, 11) is 0. The minimum atomic E-state index is -0.577. The Morgan fingerprint density at radius 1 is 1.17 bits per heavy atom. The lowest BCUT2D eigenvalue weighted by atomic mass is 10.0. The molecule has 1 aromatic heterocycles. The molecule has 0 bridgehead atoms. The van der Waals surface area contributed by atoms with Crippen molar-refractivity contribution in [2.75, 3.05) is 13.1 Å². The highest BCUT2D eigenvalue weighted by atomic mass is 32.1. The average Bonchev–Trinajstić information content (AvgIpc) is 3.34. The van der Waals surface area contributed by atoms with Crippen LogP contribution < -0.4 is 16.0 Å². The molecule has 5 rings (SSSR count). The van der Waals surface area contributed by atoms with E-state index in [0.29, 0.717) is 25.1 Å². The number of rotatable bonds is 5. The van der Waals surface area contributed by atoms with Crippen molar-refractivity contribution in [2.24, 2.45) is 0 Å². The maximum absolute atomic E-state index is 13.2. The van der Waals surface area contributed by atoms with E-state index >= 15 is 0 Å². The predicted molar refractivity (Wildman–Crippen MR) is 113 cm³/mol. The van der Waals surface area contributed by atoms with Gasteiger partial charge in [0.05, 0.1) is 0 Å². The molecule has 1 fully saturated rings. The summed E-state index contributed by atoms with van der Waals surface area (Å²) in [5.41, 5.74) is 3.97. The molecule has 1 saturated heterocycles. The van der Waals surface area contributed by atoms with Crippen molar-refractivity contribution in [1.82, 2.24) is 20.9 Å². The molecule has 0 aliphatic carbocycles. The number of carbonyl (C=O) groups excluding carboxylic acids is 3. The van der Waals surface area contributed by atoms with Crippen molar-refractivity contribution < 1.29 is 14.4 Å². The second-order valence-corrected chi connectivity index (χ2v) is 9.04. The first kappa shape index (κ1) is 19.4. The lowest BCUT2D eigenvalue weighted by Gasteiger charge is -2.29. The molecule has 3 aliphatic heterocycles. The standard InChI is InChI=1S/C22H24N4O3S/c27-19-5-4-17(21(28)25-19)26-12-14-3-1-2-13(20(14)22(26)29)10-23-11-16-15-7-9-30-18(15)6-8-24-16/h1-3,7,9,16-17,23-24H,4-6,8,10-12H2,(H,25,27,28). The van der Waals surface area contributed by atoms with Gasteiger partial charge in [-0.2, -0.15) is 0 Å². The van der Waals surface area contributed by atoms with Crippen molar-refractivity contribution in [1.29, 1.82) is 0 Å². The van der Waals surface area contributed by atoms with Crippen LogP contribution in [-0.2, 0) is 29.1 Å². The Morgan fingerprint density at radius 3 is 2.93 bits per heavy atom. The third-order valence-electron chi connectivity index (χ3n) is 6.20. The third-order valence-corrected chi connectivity index (χ3v) is 7.20. The van der Waals surface area contributed by atoms with Gasteiger partial charge >= 0.3 is 0 Å². The highest BCUT2D eigenvalue weighted by molar-refractivity contribution is 7.10. The maximum atomic E-state index is 13.2. The van der Waals surface area contributed by atoms with E-state index in [0.717, 1.165) is 30.6 Å². The van der Waals surface area contributed by atoms with Gasteiger partial charge in [0.2, 0.25) is 11.8 Å². The number of nitrogens with one attached hydrogen (secondary N) is 3. The van der Waals surface area contributed by atoms with Crippen LogP contribution in [0.2, 0.25) is 0 Å². The number of imide groups is 1. The largest absolute Gasteiger partial charge is 0.322 e. The first-order valence-electron chi connectivity index (χ1n) is 10.4. The third kappa shape index (κ3) is 3.45. The van der Waals surface area contributed by atoms with Crippen LogP contribution in [0, 0.1) is 0 Å². The number of thiophene rings is 1. The summed E-state index contributed by atoms with van der Waals surface area (Å²) >= 11 is 1.82. The van der Waals surface area contributed by atoms with Gasteiger partial charge in [-0.05, 0) is 41.0 Å². The number of carbonyl (C=O) groups is 3. The molecule has 2 unspecified atom stereocenters. The second kappa shape index (κ2) is 7.94. The summed E-state index contributed by atoms with van der Waals surface area (Å²) in [5, 5.41) is 11.6. The van der Waals surface area contributed by atoms with E-state index in [2.05, 4.69) is 27.4 Å². The summed E-state index contributed by atoms with van der Waals surface area (Å²) in [4.78, 5) is 39.9. The lowest BCUT2D eigenvalue weighted by Crippen LogP contribution is -2.52. The number of fused-ring (bicyclic) bond motifs is 2. The number of hydrogen-bond acceptors (Lipinski definition) is 6. The molecule has 3 aliphatic rings. The molecular weight excluding hydrogens is 400 g/mol. The van der Waals surface area contributed by atoms with Gasteiger partial charge in [-0.25, -0.2) is 0 Å². The van der Waals surface area contributed by atoms with Gasteiger partial charge < -0.3 is 15.5 Å². The van der Waals surface area contributed by atoms with E-state index < -0.39 is 6.04 Å². The van der Waals surface area contributed by atoms with E-state index in [1.807, 2.05) is 29.5 Å². The van der Waals surface area contributed by atoms with Gasteiger partial charge in [0.15, 0.2) is 0 Å². The van der Waals surface area contributed by atoms with Crippen LogP contribution in [0.25, 0.3) is 0 Å². The summed E-state index contributed by atoms with van der Waals surface area (Å²) in [6.45, 7) is 2.78. The quantitative estimate of drug-likeness (QED) is 0.633. The first-order chi connectivity index (χ1) is 14.6. The van der Waals surface area contributed by atoms with Gasteiger partial charge in [0.25, 0.3) is 5.91 Å². The summed E-state index contributed by atoms with van der Waals surface area (Å²) in [6.07, 6.45) is 1.73. The molecule has 2 aromatic rings. The van der Waals surface area contributed by atoms with Gasteiger partial charge in [-0.1, -0.05) is 18.2 Å². The van der Waals surface area contributed by atoms with Gasteiger partial charge in [0.1, 0.15) is 6.04 Å². The molecule has 30 heavy (non-hydrogen) atoms. The van der Waals surface area contributed by atoms with Crippen LogP contribution in [0.1, 0.15) is 50.8 Å². The predicted octanol–water partition coefficient (Wildman–Crippen LogP) is 1.49. The second-order valence-electron chi connectivity index (χ2n) is 8.04. The Morgan fingerprint density at radius 2 is 2.07 bits per heavy atom. The molecule has 0 saturated carbocycles. The van der Waals surface area contributed by atoms with Crippen LogP contribution in [0.3, 0.4) is 0 Å².